The molecule has 156 valence electrons. The monoisotopic (exact) mass is 404 g/mol. The maximum absolute atomic E-state index is 13.4. The lowest BCUT2D eigenvalue weighted by atomic mass is 10.2. The highest BCUT2D eigenvalue weighted by Crippen LogP contribution is 2.23. The van der Waals surface area contributed by atoms with E-state index in [4.69, 9.17) is 4.98 Å². The second-order valence-electron chi connectivity index (χ2n) is 7.71. The molecule has 6 nitrogen and oxygen atoms in total. The summed E-state index contributed by atoms with van der Waals surface area (Å²) < 4.78 is 1.89. The molecule has 0 saturated heterocycles. The predicted octanol–water partition coefficient (Wildman–Crippen LogP) is 4.23. The van der Waals surface area contributed by atoms with Crippen LogP contribution in [-0.2, 0) is 16.1 Å². The van der Waals surface area contributed by atoms with Crippen molar-refractivity contribution in [2.75, 3.05) is 4.90 Å². The number of hydrogen-bond donors (Lipinski definition) is 1. The summed E-state index contributed by atoms with van der Waals surface area (Å²) in [6.07, 6.45) is 0. The smallest absolute Gasteiger partial charge is 0.247 e. The number of hydrogen-bond acceptors (Lipinski definition) is 3. The number of imidazole rings is 1. The normalized spacial score (nSPS) is 12.0. The quantitative estimate of drug-likeness (QED) is 0.599. The van der Waals surface area contributed by atoms with E-state index in [0.717, 1.165) is 16.7 Å². The van der Waals surface area contributed by atoms with Crippen molar-refractivity contribution in [3.05, 3.63) is 72.6 Å². The minimum absolute atomic E-state index is 0.00122. The minimum Gasteiger partial charge on any atom is -0.343 e. The molecule has 0 radical (unpaired) electrons. The summed E-state index contributed by atoms with van der Waals surface area (Å²) >= 11 is 0. The molecule has 3 rings (SSSR count). The van der Waals surface area contributed by atoms with Gasteiger partial charge in [-0.3, -0.25) is 9.59 Å². The summed E-state index contributed by atoms with van der Waals surface area (Å²) in [4.78, 5) is 32.0. The van der Waals surface area contributed by atoms with Gasteiger partial charge in [0.15, 0.2) is 0 Å². The molecule has 2 amide bonds. The van der Waals surface area contributed by atoms with Crippen molar-refractivity contribution in [2.45, 2.75) is 46.3 Å². The van der Waals surface area contributed by atoms with Gasteiger partial charge in [-0.25, -0.2) is 4.98 Å². The van der Waals surface area contributed by atoms with Crippen molar-refractivity contribution in [1.29, 1.82) is 0 Å². The number of benzene rings is 2. The lowest BCUT2D eigenvalue weighted by Gasteiger charge is -2.28. The van der Waals surface area contributed by atoms with Crippen LogP contribution >= 0.6 is 0 Å². The molecule has 0 spiro atoms. The van der Waals surface area contributed by atoms with E-state index < -0.39 is 0 Å². The number of fused-ring (bicyclic) bond motifs is 1. The number of carbonyl (C=O) groups excluding carboxylic acids is 2. The number of para-hydroxylation sites is 3. The molecule has 0 saturated carbocycles. The highest BCUT2D eigenvalue weighted by Gasteiger charge is 2.24. The maximum atomic E-state index is 13.4. The number of aromatic nitrogens is 2. The molecule has 1 heterocycles. The molecule has 3 aromatic rings. The molecule has 1 N–H and O–H groups in total. The van der Waals surface area contributed by atoms with Crippen molar-refractivity contribution in [3.63, 3.8) is 0 Å². The summed E-state index contributed by atoms with van der Waals surface area (Å²) in [6.45, 7) is 11.3. The number of amides is 2. The molecular weight excluding hydrogens is 376 g/mol. The van der Waals surface area contributed by atoms with Crippen molar-refractivity contribution >= 4 is 28.5 Å². The Balaban J connectivity index is 1.99. The second kappa shape index (κ2) is 8.95. The van der Waals surface area contributed by atoms with Gasteiger partial charge in [-0.1, -0.05) is 36.9 Å². The zero-order valence-corrected chi connectivity index (χ0v) is 17.9. The Morgan fingerprint density at radius 1 is 1.07 bits per heavy atom. The Labute approximate surface area is 177 Å². The summed E-state index contributed by atoms with van der Waals surface area (Å²) in [6, 6.07) is 16.9. The molecule has 1 atom stereocenters. The summed E-state index contributed by atoms with van der Waals surface area (Å²) in [5.74, 6) is 0.357. The molecule has 6 heteroatoms. The van der Waals surface area contributed by atoms with Crippen LogP contribution in [0.1, 0.15) is 39.6 Å². The van der Waals surface area contributed by atoms with Crippen LogP contribution in [0.5, 0.6) is 0 Å². The van der Waals surface area contributed by atoms with Crippen molar-refractivity contribution < 1.29 is 9.59 Å². The Morgan fingerprint density at radius 2 is 1.70 bits per heavy atom. The first-order valence-electron chi connectivity index (χ1n) is 10.1. The molecule has 1 aromatic heterocycles. The third-order valence-electron chi connectivity index (χ3n) is 4.92. The molecule has 2 aromatic carbocycles. The van der Waals surface area contributed by atoms with Crippen LogP contribution in [0.15, 0.2) is 66.7 Å². The van der Waals surface area contributed by atoms with Crippen LogP contribution < -0.4 is 10.2 Å². The summed E-state index contributed by atoms with van der Waals surface area (Å²) in [7, 11) is 0. The van der Waals surface area contributed by atoms with Gasteiger partial charge >= 0.3 is 0 Å². The fourth-order valence-electron chi connectivity index (χ4n) is 3.51. The average molecular weight is 405 g/mol. The van der Waals surface area contributed by atoms with E-state index in [1.165, 1.54) is 0 Å². The van der Waals surface area contributed by atoms with Gasteiger partial charge in [0.2, 0.25) is 11.8 Å². The zero-order chi connectivity index (χ0) is 21.8. The van der Waals surface area contributed by atoms with E-state index in [0.29, 0.717) is 11.4 Å². The lowest BCUT2D eigenvalue weighted by molar-refractivity contribution is -0.119. The topological polar surface area (TPSA) is 67.2 Å². The first-order chi connectivity index (χ1) is 14.3. The Bertz CT molecular complexity index is 1070. The van der Waals surface area contributed by atoms with Crippen LogP contribution in [0.2, 0.25) is 0 Å². The van der Waals surface area contributed by atoms with E-state index >= 15 is 0 Å². The van der Waals surface area contributed by atoms with Crippen LogP contribution in [-0.4, -0.2) is 27.4 Å². The number of nitrogens with zero attached hydrogens (tertiary/aromatic N) is 3. The standard InChI is InChI=1S/C24H28N4O2/c1-16(2)24(30)25-18(5)23-26-20-13-9-10-14-21(20)27(23)15-22(29)28(17(3)4)19-11-7-6-8-12-19/h6-14,17-18H,1,15H2,2-5H3,(H,25,30). The fourth-order valence-corrected chi connectivity index (χ4v) is 3.51. The van der Waals surface area contributed by atoms with E-state index in [-0.39, 0.29) is 30.4 Å². The van der Waals surface area contributed by atoms with Crippen LogP contribution in [0.25, 0.3) is 11.0 Å². The largest absolute Gasteiger partial charge is 0.343 e. The van der Waals surface area contributed by atoms with Crippen molar-refractivity contribution in [1.82, 2.24) is 14.9 Å². The molecule has 0 fully saturated rings. The molecule has 30 heavy (non-hydrogen) atoms. The number of nitrogens with one attached hydrogen (secondary N) is 1. The average Bonchev–Trinajstić information content (AvgIpc) is 3.07. The first kappa shape index (κ1) is 21.3. The SMILES string of the molecule is C=C(C)C(=O)NC(C)c1nc2ccccc2n1CC(=O)N(c1ccccc1)C(C)C. The molecular formula is C24H28N4O2. The molecule has 0 aliphatic rings. The third kappa shape index (κ3) is 4.43. The lowest BCUT2D eigenvalue weighted by Crippen LogP contribution is -2.40. The van der Waals surface area contributed by atoms with Gasteiger partial charge in [-0.2, -0.15) is 0 Å². The van der Waals surface area contributed by atoms with Crippen molar-refractivity contribution in [2.24, 2.45) is 0 Å². The highest BCUT2D eigenvalue weighted by molar-refractivity contribution is 5.95. The minimum atomic E-state index is -0.376. The number of anilines is 1. The number of carbonyl (C=O) groups is 2. The van der Waals surface area contributed by atoms with Gasteiger partial charge < -0.3 is 14.8 Å². The zero-order valence-electron chi connectivity index (χ0n) is 17.9. The molecule has 1 unspecified atom stereocenters. The Morgan fingerprint density at radius 3 is 2.33 bits per heavy atom. The predicted molar refractivity (Wildman–Crippen MR) is 120 cm³/mol. The fraction of sp³-hybridized carbons (Fsp3) is 0.292. The molecule has 0 bridgehead atoms. The van der Waals surface area contributed by atoms with Crippen LogP contribution in [0, 0.1) is 0 Å². The molecule has 0 aliphatic heterocycles. The first-order valence-corrected chi connectivity index (χ1v) is 10.1. The summed E-state index contributed by atoms with van der Waals surface area (Å²) in [5.41, 5.74) is 2.92. The second-order valence-corrected chi connectivity index (χ2v) is 7.71. The van der Waals surface area contributed by atoms with Gasteiger partial charge in [-0.15, -0.1) is 0 Å². The Hall–Kier alpha value is -3.41. The third-order valence-corrected chi connectivity index (χ3v) is 4.92. The van der Waals surface area contributed by atoms with Gasteiger partial charge in [0, 0.05) is 17.3 Å². The van der Waals surface area contributed by atoms with E-state index in [9.17, 15) is 9.59 Å². The number of rotatable bonds is 7. The van der Waals surface area contributed by atoms with Gasteiger partial charge in [0.05, 0.1) is 17.1 Å². The van der Waals surface area contributed by atoms with E-state index in [2.05, 4.69) is 11.9 Å². The van der Waals surface area contributed by atoms with E-state index in [1.807, 2.05) is 79.9 Å². The van der Waals surface area contributed by atoms with Gasteiger partial charge in [0.1, 0.15) is 12.4 Å². The van der Waals surface area contributed by atoms with Gasteiger partial charge in [-0.05, 0) is 52.0 Å². The Kier molecular flexibility index (Phi) is 6.35. The summed E-state index contributed by atoms with van der Waals surface area (Å²) in [5, 5.41) is 2.91. The molecule has 0 aliphatic carbocycles. The maximum Gasteiger partial charge on any atom is 0.247 e. The van der Waals surface area contributed by atoms with Crippen LogP contribution in [0.4, 0.5) is 5.69 Å². The van der Waals surface area contributed by atoms with E-state index in [1.54, 1.807) is 11.8 Å². The highest BCUT2D eigenvalue weighted by atomic mass is 16.2. The van der Waals surface area contributed by atoms with Gasteiger partial charge in [0.25, 0.3) is 0 Å². The van der Waals surface area contributed by atoms with Crippen molar-refractivity contribution in [3.8, 4) is 0 Å². The van der Waals surface area contributed by atoms with Crippen LogP contribution in [0.3, 0.4) is 0 Å².